The molecule has 0 N–H and O–H groups in total. The van der Waals surface area contributed by atoms with Crippen LogP contribution in [0.4, 0.5) is 16.4 Å². The first kappa shape index (κ1) is 8.73. The third-order valence-electron chi connectivity index (χ3n) is 0.321. The summed E-state index contributed by atoms with van der Waals surface area (Å²) in [6.45, 7) is 0. The lowest BCUT2D eigenvalue weighted by Crippen LogP contribution is -2.41. The van der Waals surface area contributed by atoms with Crippen LogP contribution in [0.15, 0.2) is 0 Å². The summed E-state index contributed by atoms with van der Waals surface area (Å²) < 4.78 is 45.3. The van der Waals surface area contributed by atoms with Gasteiger partial charge in [0.15, 0.2) is 0 Å². The molecule has 0 aliphatic heterocycles. The van der Waals surface area contributed by atoms with Gasteiger partial charge in [0, 0.05) is 0 Å². The highest BCUT2D eigenvalue weighted by Crippen LogP contribution is 2.31. The second-order valence-electron chi connectivity index (χ2n) is 0.996. The molecule has 0 radical (unpaired) electrons. The summed E-state index contributed by atoms with van der Waals surface area (Å²) >= 11 is 7.99. The Balaban J connectivity index is 4.02. The topological polar surface area (TPSA) is 0 Å². The van der Waals surface area contributed by atoms with E-state index in [-0.39, 0.29) is 0 Å². The SMILES string of the molecule is F[Si](F)(Cl)[Si](F)(F)Cl. The van der Waals surface area contributed by atoms with Gasteiger partial charge in [0.25, 0.3) is 0 Å². The molecular weight excluding hydrogens is 203 g/mol. The van der Waals surface area contributed by atoms with E-state index >= 15 is 0 Å². The van der Waals surface area contributed by atoms with Crippen molar-refractivity contribution in [2.24, 2.45) is 0 Å². The molecule has 0 amide bonds. The van der Waals surface area contributed by atoms with E-state index in [1.54, 1.807) is 0 Å². The van der Waals surface area contributed by atoms with E-state index in [2.05, 4.69) is 22.2 Å². The highest BCUT2D eigenvalue weighted by molar-refractivity contribution is 7.63. The van der Waals surface area contributed by atoms with Crippen LogP contribution in [0.1, 0.15) is 0 Å². The molecular formula is Cl2F4Si2. The fourth-order valence-electron chi connectivity index (χ4n) is 0. The normalized spacial score (nSPS) is 14.2. The predicted octanol–water partition coefficient (Wildman–Crippen LogP) is 2.30. The zero-order valence-corrected chi connectivity index (χ0v) is 6.78. The highest BCUT2D eigenvalue weighted by Gasteiger charge is 2.65. The Kier molecular flexibility index (Phi) is 2.36. The summed E-state index contributed by atoms with van der Waals surface area (Å²) in [6.07, 6.45) is 0. The van der Waals surface area contributed by atoms with Gasteiger partial charge in [0.2, 0.25) is 0 Å². The molecule has 0 saturated carbocycles. The Morgan fingerprint density at radius 1 is 0.750 bits per heavy atom. The van der Waals surface area contributed by atoms with Crippen molar-refractivity contribution in [2.45, 2.75) is 0 Å². The second-order valence-corrected chi connectivity index (χ2v) is 11.5. The van der Waals surface area contributed by atoms with E-state index in [1.165, 1.54) is 0 Å². The van der Waals surface area contributed by atoms with Gasteiger partial charge in [-0.2, -0.15) is 0 Å². The van der Waals surface area contributed by atoms with Gasteiger partial charge >= 0.3 is 15.1 Å². The molecule has 0 saturated heterocycles. The lowest BCUT2D eigenvalue weighted by Gasteiger charge is -2.04. The average Bonchev–Trinajstić information content (AvgIpc) is 1.25. The molecule has 0 heterocycles. The summed E-state index contributed by atoms with van der Waals surface area (Å²) in [5, 5.41) is 0. The Bertz CT molecular complexity index is 67.0. The summed E-state index contributed by atoms with van der Waals surface area (Å²) in [5.41, 5.74) is 0. The van der Waals surface area contributed by atoms with Gasteiger partial charge in [-0.25, -0.2) is 16.4 Å². The third kappa shape index (κ3) is 2.34. The van der Waals surface area contributed by atoms with Crippen LogP contribution < -0.4 is 0 Å². The molecule has 0 unspecified atom stereocenters. The van der Waals surface area contributed by atoms with E-state index in [4.69, 9.17) is 0 Å². The lowest BCUT2D eigenvalue weighted by molar-refractivity contribution is 0.603. The first-order valence-electron chi connectivity index (χ1n) is 1.38. The second kappa shape index (κ2) is 2.16. The smallest absolute Gasteiger partial charge is 0.249 e. The molecule has 0 aliphatic rings. The number of halogens is 6. The van der Waals surface area contributed by atoms with Gasteiger partial charge < -0.3 is 0 Å². The monoisotopic (exact) mass is 202 g/mol. The van der Waals surface area contributed by atoms with E-state index in [0.29, 0.717) is 0 Å². The Morgan fingerprint density at radius 2 is 0.875 bits per heavy atom. The van der Waals surface area contributed by atoms with Crippen LogP contribution in [0, 0.1) is 0 Å². The third-order valence-corrected chi connectivity index (χ3v) is 8.04. The minimum absolute atomic E-state index is 3.99. The zero-order valence-electron chi connectivity index (χ0n) is 3.27. The van der Waals surface area contributed by atoms with Crippen LogP contribution in [-0.4, -0.2) is 15.1 Å². The van der Waals surface area contributed by atoms with Crippen molar-refractivity contribution in [2.75, 3.05) is 0 Å². The molecule has 0 fully saturated rings. The Hall–Kier alpha value is 0.734. The van der Waals surface area contributed by atoms with E-state index in [0.717, 1.165) is 0 Å². The number of hydrogen-bond donors (Lipinski definition) is 0. The van der Waals surface area contributed by atoms with Crippen molar-refractivity contribution < 1.29 is 16.4 Å². The fraction of sp³-hybridized carbons (Fsp3) is 0. The highest BCUT2D eigenvalue weighted by atomic mass is 35.6. The van der Waals surface area contributed by atoms with Crippen LogP contribution in [0.3, 0.4) is 0 Å². The van der Waals surface area contributed by atoms with E-state index < -0.39 is 15.1 Å². The van der Waals surface area contributed by atoms with E-state index in [1.807, 2.05) is 0 Å². The Morgan fingerprint density at radius 3 is 0.875 bits per heavy atom. The van der Waals surface area contributed by atoms with E-state index in [9.17, 15) is 16.4 Å². The van der Waals surface area contributed by atoms with Crippen LogP contribution in [0.2, 0.25) is 0 Å². The first-order chi connectivity index (χ1) is 3.25. The van der Waals surface area contributed by atoms with Crippen molar-refractivity contribution in [1.29, 1.82) is 0 Å². The molecule has 0 aromatic rings. The zero-order chi connectivity index (χ0) is 7.00. The summed E-state index contributed by atoms with van der Waals surface area (Å²) in [6, 6.07) is 0. The Labute approximate surface area is 54.3 Å². The standard InChI is InChI=1S/Cl2F4Si2/c1-7(3,4)8(2,5)6. The molecule has 0 aromatic heterocycles. The van der Waals surface area contributed by atoms with Gasteiger partial charge in [-0.05, 0) is 0 Å². The minimum Gasteiger partial charge on any atom is -0.249 e. The maximum absolute atomic E-state index is 11.3. The first-order valence-corrected chi connectivity index (χ1v) is 7.92. The summed E-state index contributed by atoms with van der Waals surface area (Å²) in [4.78, 5) is 0. The van der Waals surface area contributed by atoms with Crippen LogP contribution in [0.25, 0.3) is 0 Å². The fourth-order valence-corrected chi connectivity index (χ4v) is 0. The molecule has 0 aliphatic carbocycles. The van der Waals surface area contributed by atoms with Crippen LogP contribution in [-0.2, 0) is 0 Å². The van der Waals surface area contributed by atoms with Crippen LogP contribution in [0.5, 0.6) is 0 Å². The lowest BCUT2D eigenvalue weighted by atomic mass is 18.8. The van der Waals surface area contributed by atoms with Crippen molar-refractivity contribution in [3.63, 3.8) is 0 Å². The molecule has 0 bridgehead atoms. The quantitative estimate of drug-likeness (QED) is 0.348. The van der Waals surface area contributed by atoms with Gasteiger partial charge in [0.1, 0.15) is 0 Å². The molecule has 8 heavy (non-hydrogen) atoms. The summed E-state index contributed by atoms with van der Waals surface area (Å²) in [7, 11) is -11.6. The summed E-state index contributed by atoms with van der Waals surface area (Å²) in [5.74, 6) is 0. The largest absolute Gasteiger partial charge is 0.587 e. The maximum Gasteiger partial charge on any atom is 0.587 e. The average molecular weight is 203 g/mol. The van der Waals surface area contributed by atoms with Crippen molar-refractivity contribution in [3.05, 3.63) is 0 Å². The molecule has 0 rings (SSSR count). The van der Waals surface area contributed by atoms with Crippen molar-refractivity contribution in [1.82, 2.24) is 0 Å². The van der Waals surface area contributed by atoms with Gasteiger partial charge in [-0.15, -0.1) is 0 Å². The predicted molar refractivity (Wildman–Crippen MR) is 27.6 cm³/mol. The molecule has 0 atom stereocenters. The van der Waals surface area contributed by atoms with Gasteiger partial charge in [-0.1, -0.05) is 22.2 Å². The molecule has 8 heteroatoms. The van der Waals surface area contributed by atoms with Gasteiger partial charge in [0.05, 0.1) is 0 Å². The molecule has 0 nitrogen and oxygen atoms in total. The number of hydrogen-bond acceptors (Lipinski definition) is 0. The molecule has 50 valence electrons. The van der Waals surface area contributed by atoms with Gasteiger partial charge in [-0.3, -0.25) is 0 Å². The maximum atomic E-state index is 11.3. The molecule has 0 spiro atoms. The van der Waals surface area contributed by atoms with Crippen molar-refractivity contribution in [3.8, 4) is 0 Å². The molecule has 0 aromatic carbocycles. The number of rotatable bonds is 1. The minimum atomic E-state index is -5.82. The van der Waals surface area contributed by atoms with Crippen LogP contribution >= 0.6 is 22.2 Å². The van der Waals surface area contributed by atoms with Crippen molar-refractivity contribution >= 4 is 37.3 Å².